The van der Waals surface area contributed by atoms with Crippen molar-refractivity contribution >= 4 is 5.82 Å². The fourth-order valence-corrected chi connectivity index (χ4v) is 2.06. The van der Waals surface area contributed by atoms with E-state index in [1.807, 2.05) is 30.3 Å². The van der Waals surface area contributed by atoms with E-state index in [4.69, 9.17) is 5.73 Å². The Morgan fingerprint density at radius 3 is 2.17 bits per heavy atom. The molecule has 0 unspecified atom stereocenters. The van der Waals surface area contributed by atoms with Gasteiger partial charge in [0, 0.05) is 17.3 Å². The van der Waals surface area contributed by atoms with Crippen LogP contribution in [0.15, 0.2) is 54.9 Å². The van der Waals surface area contributed by atoms with Crippen LogP contribution in [0.5, 0.6) is 0 Å². The van der Waals surface area contributed by atoms with Gasteiger partial charge in [-0.05, 0) is 12.1 Å². The molecule has 2 N–H and O–H groups in total. The Bertz CT molecular complexity index is 815. The van der Waals surface area contributed by atoms with Gasteiger partial charge < -0.3 is 5.73 Å². The largest absolute Gasteiger partial charge is 0.433 e. The number of hydrogen-bond donors (Lipinski definition) is 1. The molecule has 116 valence electrons. The van der Waals surface area contributed by atoms with E-state index in [0.717, 1.165) is 17.8 Å². The summed E-state index contributed by atoms with van der Waals surface area (Å²) in [6, 6.07) is 11.5. The van der Waals surface area contributed by atoms with Crippen LogP contribution in [0.2, 0.25) is 0 Å². The summed E-state index contributed by atoms with van der Waals surface area (Å²) in [7, 11) is 0. The lowest BCUT2D eigenvalue weighted by atomic mass is 10.1. The molecule has 2 aromatic heterocycles. The van der Waals surface area contributed by atoms with E-state index in [1.54, 1.807) is 0 Å². The van der Waals surface area contributed by atoms with Gasteiger partial charge in [-0.1, -0.05) is 30.3 Å². The Morgan fingerprint density at radius 1 is 0.826 bits per heavy atom. The number of aromatic nitrogens is 3. The van der Waals surface area contributed by atoms with E-state index in [1.165, 1.54) is 12.3 Å². The van der Waals surface area contributed by atoms with Gasteiger partial charge in [0.25, 0.3) is 0 Å². The average Bonchev–Trinajstić information content (AvgIpc) is 2.55. The van der Waals surface area contributed by atoms with Crippen molar-refractivity contribution in [3.8, 4) is 22.5 Å². The van der Waals surface area contributed by atoms with Crippen LogP contribution < -0.4 is 5.73 Å². The molecule has 7 heteroatoms. The summed E-state index contributed by atoms with van der Waals surface area (Å²) in [5.74, 6) is 0.131. The Kier molecular flexibility index (Phi) is 3.69. The van der Waals surface area contributed by atoms with Crippen molar-refractivity contribution in [3.63, 3.8) is 0 Å². The first-order valence-electron chi connectivity index (χ1n) is 6.67. The molecule has 0 saturated carbocycles. The van der Waals surface area contributed by atoms with E-state index in [-0.39, 0.29) is 5.82 Å². The third kappa shape index (κ3) is 3.13. The van der Waals surface area contributed by atoms with E-state index >= 15 is 0 Å². The van der Waals surface area contributed by atoms with E-state index < -0.39 is 11.9 Å². The summed E-state index contributed by atoms with van der Waals surface area (Å²) < 4.78 is 37.7. The van der Waals surface area contributed by atoms with Crippen molar-refractivity contribution in [1.82, 2.24) is 15.0 Å². The topological polar surface area (TPSA) is 64.7 Å². The van der Waals surface area contributed by atoms with Gasteiger partial charge in [0.2, 0.25) is 0 Å². The van der Waals surface area contributed by atoms with Gasteiger partial charge in [-0.15, -0.1) is 0 Å². The van der Waals surface area contributed by atoms with E-state index in [2.05, 4.69) is 15.0 Å². The molecular weight excluding hydrogens is 305 g/mol. The lowest BCUT2D eigenvalue weighted by Crippen LogP contribution is -2.07. The number of pyridine rings is 1. The third-order valence-corrected chi connectivity index (χ3v) is 3.20. The molecule has 0 radical (unpaired) electrons. The molecule has 1 aromatic carbocycles. The summed E-state index contributed by atoms with van der Waals surface area (Å²) in [5.41, 5.74) is 6.92. The van der Waals surface area contributed by atoms with Gasteiger partial charge in [0.15, 0.2) is 0 Å². The molecule has 0 saturated heterocycles. The maximum atomic E-state index is 12.6. The fraction of sp³-hybridized carbons (Fsp3) is 0.0625. The Hall–Kier alpha value is -2.96. The minimum Gasteiger partial charge on any atom is -0.382 e. The van der Waals surface area contributed by atoms with Crippen molar-refractivity contribution < 1.29 is 13.2 Å². The number of benzene rings is 1. The van der Waals surface area contributed by atoms with Gasteiger partial charge in [-0.25, -0.2) is 9.97 Å². The molecule has 4 nitrogen and oxygen atoms in total. The maximum absolute atomic E-state index is 12.6. The van der Waals surface area contributed by atoms with Crippen LogP contribution in [-0.2, 0) is 6.18 Å². The highest BCUT2D eigenvalue weighted by Gasteiger charge is 2.32. The molecule has 0 aliphatic carbocycles. The van der Waals surface area contributed by atoms with E-state index in [9.17, 15) is 13.2 Å². The average molecular weight is 316 g/mol. The fourth-order valence-electron chi connectivity index (χ4n) is 2.06. The zero-order valence-electron chi connectivity index (χ0n) is 11.7. The number of alkyl halides is 3. The Labute approximate surface area is 129 Å². The summed E-state index contributed by atoms with van der Waals surface area (Å²) in [6.07, 6.45) is -1.87. The first kappa shape index (κ1) is 15.0. The van der Waals surface area contributed by atoms with Gasteiger partial charge in [-0.2, -0.15) is 13.2 Å². The SMILES string of the molecule is Nc1ncc(-c2ccccc2)nc1-c1ccc(C(F)(F)F)nc1. The predicted molar refractivity (Wildman–Crippen MR) is 80.1 cm³/mol. The molecule has 23 heavy (non-hydrogen) atoms. The molecule has 0 bridgehead atoms. The smallest absolute Gasteiger partial charge is 0.382 e. The first-order valence-corrected chi connectivity index (χ1v) is 6.67. The molecule has 2 heterocycles. The predicted octanol–water partition coefficient (Wildman–Crippen LogP) is 3.81. The summed E-state index contributed by atoms with van der Waals surface area (Å²) in [4.78, 5) is 11.9. The maximum Gasteiger partial charge on any atom is 0.433 e. The highest BCUT2D eigenvalue weighted by Crippen LogP contribution is 2.30. The molecular formula is C16H11F3N4. The van der Waals surface area contributed by atoms with Crippen molar-refractivity contribution in [2.45, 2.75) is 6.18 Å². The van der Waals surface area contributed by atoms with Gasteiger partial charge in [0.1, 0.15) is 17.2 Å². The lowest BCUT2D eigenvalue weighted by molar-refractivity contribution is -0.141. The summed E-state index contributed by atoms with van der Waals surface area (Å²) >= 11 is 0. The van der Waals surface area contributed by atoms with Crippen LogP contribution in [0.4, 0.5) is 19.0 Å². The number of nitrogen functional groups attached to an aromatic ring is 1. The number of hydrogen-bond acceptors (Lipinski definition) is 4. The zero-order chi connectivity index (χ0) is 16.4. The molecule has 3 rings (SSSR count). The van der Waals surface area contributed by atoms with Crippen molar-refractivity contribution in [1.29, 1.82) is 0 Å². The second-order valence-electron chi connectivity index (χ2n) is 4.78. The summed E-state index contributed by atoms with van der Waals surface area (Å²) in [5, 5.41) is 0. The van der Waals surface area contributed by atoms with Gasteiger partial charge >= 0.3 is 6.18 Å². The number of anilines is 1. The molecule has 0 atom stereocenters. The van der Waals surface area contributed by atoms with Gasteiger partial charge in [0.05, 0.1) is 11.9 Å². The molecule has 3 aromatic rings. The lowest BCUT2D eigenvalue weighted by Gasteiger charge is -2.09. The minimum absolute atomic E-state index is 0.131. The minimum atomic E-state index is -4.48. The molecule has 0 aliphatic rings. The zero-order valence-corrected chi connectivity index (χ0v) is 11.7. The van der Waals surface area contributed by atoms with Gasteiger partial charge in [-0.3, -0.25) is 4.98 Å². The monoisotopic (exact) mass is 316 g/mol. The van der Waals surface area contributed by atoms with Crippen molar-refractivity contribution in [3.05, 3.63) is 60.6 Å². The highest BCUT2D eigenvalue weighted by molar-refractivity contribution is 5.72. The molecule has 0 amide bonds. The van der Waals surface area contributed by atoms with Crippen LogP contribution in [0.3, 0.4) is 0 Å². The van der Waals surface area contributed by atoms with Crippen LogP contribution in [0, 0.1) is 0 Å². The van der Waals surface area contributed by atoms with Crippen LogP contribution in [-0.4, -0.2) is 15.0 Å². The normalized spacial score (nSPS) is 11.4. The number of nitrogens with zero attached hydrogens (tertiary/aromatic N) is 3. The number of nitrogens with two attached hydrogens (primary N) is 1. The molecule has 0 spiro atoms. The third-order valence-electron chi connectivity index (χ3n) is 3.20. The second-order valence-corrected chi connectivity index (χ2v) is 4.78. The second kappa shape index (κ2) is 5.68. The number of halogens is 3. The van der Waals surface area contributed by atoms with Crippen LogP contribution in [0.25, 0.3) is 22.5 Å². The molecule has 0 aliphatic heterocycles. The highest BCUT2D eigenvalue weighted by atomic mass is 19.4. The van der Waals surface area contributed by atoms with Crippen molar-refractivity contribution in [2.24, 2.45) is 0 Å². The van der Waals surface area contributed by atoms with Crippen LogP contribution in [0.1, 0.15) is 5.69 Å². The Morgan fingerprint density at radius 2 is 1.57 bits per heavy atom. The quantitative estimate of drug-likeness (QED) is 0.781. The Balaban J connectivity index is 2.03. The number of rotatable bonds is 2. The standard InChI is InChI=1S/C16H11F3N4/c17-16(18,19)13-7-6-11(8-21-13)14-15(20)22-9-12(23-14)10-4-2-1-3-5-10/h1-9H,(H2,20,22). The summed E-state index contributed by atoms with van der Waals surface area (Å²) in [6.45, 7) is 0. The first-order chi connectivity index (χ1) is 10.9. The van der Waals surface area contributed by atoms with Crippen LogP contribution >= 0.6 is 0 Å². The molecule has 0 fully saturated rings. The van der Waals surface area contributed by atoms with Crippen molar-refractivity contribution in [2.75, 3.05) is 5.73 Å². The van der Waals surface area contributed by atoms with E-state index in [0.29, 0.717) is 17.0 Å².